The normalized spacial score (nSPS) is 10.7. The van der Waals surface area contributed by atoms with Gasteiger partial charge in [-0.3, -0.25) is 9.59 Å². The van der Waals surface area contributed by atoms with Crippen molar-refractivity contribution in [3.63, 3.8) is 0 Å². The fraction of sp³-hybridized carbons (Fsp3) is 0.120. The summed E-state index contributed by atoms with van der Waals surface area (Å²) in [5.41, 5.74) is 2.99. The lowest BCUT2D eigenvalue weighted by atomic mass is 10.2. The van der Waals surface area contributed by atoms with E-state index in [1.807, 2.05) is 6.92 Å². The summed E-state index contributed by atoms with van der Waals surface area (Å²) in [7, 11) is 0. The van der Waals surface area contributed by atoms with Crippen molar-refractivity contribution in [2.45, 2.75) is 13.3 Å². The summed E-state index contributed by atoms with van der Waals surface area (Å²) in [6.07, 6.45) is 2.12. The van der Waals surface area contributed by atoms with E-state index in [1.165, 1.54) is 18.3 Å². The third-order valence-electron chi connectivity index (χ3n) is 4.49. The first-order chi connectivity index (χ1) is 17.3. The van der Waals surface area contributed by atoms with Crippen molar-refractivity contribution >= 4 is 68.8 Å². The van der Waals surface area contributed by atoms with Crippen LogP contribution >= 0.6 is 39.1 Å². The van der Waals surface area contributed by atoms with E-state index in [-0.39, 0.29) is 16.5 Å². The zero-order valence-electron chi connectivity index (χ0n) is 18.9. The summed E-state index contributed by atoms with van der Waals surface area (Å²) in [4.78, 5) is 36.9. The molecule has 0 aliphatic heterocycles. The van der Waals surface area contributed by atoms with E-state index >= 15 is 0 Å². The Kier molecular flexibility index (Phi) is 9.86. The standard InChI is InChI=1S/C25H20BrCl2N3O5/c1-2-11-35-19-7-3-15(4-8-19)25(34)36-22-10-5-17(26)12-16(22)14-29-31-24(33)23(32)30-21-13-18(27)6-9-20(21)28/h3-10,12-14H,2,11H2,1H3,(H,30,32)(H,31,33). The Labute approximate surface area is 225 Å². The molecule has 0 atom stereocenters. The van der Waals surface area contributed by atoms with Crippen molar-refractivity contribution in [3.05, 3.63) is 86.3 Å². The molecule has 0 unspecified atom stereocenters. The number of anilines is 1. The van der Waals surface area contributed by atoms with Crippen LogP contribution in [0.1, 0.15) is 29.3 Å². The zero-order valence-corrected chi connectivity index (χ0v) is 22.0. The number of hydrazone groups is 1. The number of carbonyl (C=O) groups excluding carboxylic acids is 3. The molecule has 0 radical (unpaired) electrons. The first kappa shape index (κ1) is 27.2. The van der Waals surface area contributed by atoms with Gasteiger partial charge in [0.15, 0.2) is 0 Å². The van der Waals surface area contributed by atoms with Crippen LogP contribution in [0.2, 0.25) is 10.0 Å². The van der Waals surface area contributed by atoms with Crippen molar-refractivity contribution in [2.75, 3.05) is 11.9 Å². The number of nitrogens with one attached hydrogen (secondary N) is 2. The van der Waals surface area contributed by atoms with Crippen LogP contribution in [0.4, 0.5) is 5.69 Å². The maximum absolute atomic E-state index is 12.6. The Morgan fingerprint density at radius 3 is 2.47 bits per heavy atom. The van der Waals surface area contributed by atoms with Crippen LogP contribution in [-0.4, -0.2) is 30.6 Å². The molecule has 8 nitrogen and oxygen atoms in total. The molecule has 0 fully saturated rings. The summed E-state index contributed by atoms with van der Waals surface area (Å²) >= 11 is 15.2. The van der Waals surface area contributed by atoms with Crippen molar-refractivity contribution in [1.29, 1.82) is 0 Å². The van der Waals surface area contributed by atoms with Gasteiger partial charge in [0.05, 0.1) is 29.1 Å². The highest BCUT2D eigenvalue weighted by Gasteiger charge is 2.16. The molecule has 0 aliphatic rings. The number of nitrogens with zero attached hydrogens (tertiary/aromatic N) is 1. The number of rotatable bonds is 8. The second kappa shape index (κ2) is 13.1. The number of hydrogen-bond acceptors (Lipinski definition) is 6. The highest BCUT2D eigenvalue weighted by atomic mass is 79.9. The number of benzene rings is 3. The minimum Gasteiger partial charge on any atom is -0.494 e. The molecule has 2 N–H and O–H groups in total. The maximum Gasteiger partial charge on any atom is 0.343 e. The molecule has 2 amide bonds. The van der Waals surface area contributed by atoms with Crippen LogP contribution in [0.5, 0.6) is 11.5 Å². The molecule has 3 aromatic rings. The van der Waals surface area contributed by atoms with E-state index in [4.69, 9.17) is 32.7 Å². The SMILES string of the molecule is CCCOc1ccc(C(=O)Oc2ccc(Br)cc2C=NNC(=O)C(=O)Nc2cc(Cl)ccc2Cl)cc1. The van der Waals surface area contributed by atoms with Gasteiger partial charge in [0.2, 0.25) is 0 Å². The third kappa shape index (κ3) is 7.81. The Bertz CT molecular complexity index is 1300. The molecular weight excluding hydrogens is 573 g/mol. The molecule has 36 heavy (non-hydrogen) atoms. The van der Waals surface area contributed by atoms with Gasteiger partial charge in [-0.05, 0) is 67.1 Å². The molecule has 3 aromatic carbocycles. The Balaban J connectivity index is 1.65. The highest BCUT2D eigenvalue weighted by molar-refractivity contribution is 9.10. The fourth-order valence-corrected chi connectivity index (χ4v) is 3.48. The first-order valence-corrected chi connectivity index (χ1v) is 12.2. The lowest BCUT2D eigenvalue weighted by molar-refractivity contribution is -0.136. The molecule has 0 aliphatic carbocycles. The minimum absolute atomic E-state index is 0.180. The number of hydrogen-bond donors (Lipinski definition) is 2. The van der Waals surface area contributed by atoms with E-state index in [9.17, 15) is 14.4 Å². The zero-order chi connectivity index (χ0) is 26.1. The predicted molar refractivity (Wildman–Crippen MR) is 142 cm³/mol. The average Bonchev–Trinajstić information content (AvgIpc) is 2.86. The number of ether oxygens (including phenoxy) is 2. The number of carbonyl (C=O) groups is 3. The Morgan fingerprint density at radius 1 is 1.00 bits per heavy atom. The van der Waals surface area contributed by atoms with Gasteiger partial charge in [-0.25, -0.2) is 10.2 Å². The van der Waals surface area contributed by atoms with E-state index in [0.29, 0.717) is 33.0 Å². The maximum atomic E-state index is 12.6. The van der Waals surface area contributed by atoms with Crippen molar-refractivity contribution in [3.8, 4) is 11.5 Å². The number of amides is 2. The van der Waals surface area contributed by atoms with Crippen molar-refractivity contribution in [2.24, 2.45) is 5.10 Å². The quantitative estimate of drug-likeness (QED) is 0.112. The molecule has 0 heterocycles. The van der Waals surface area contributed by atoms with Gasteiger partial charge in [-0.2, -0.15) is 5.10 Å². The molecular formula is C25H20BrCl2N3O5. The van der Waals surface area contributed by atoms with Crippen LogP contribution < -0.4 is 20.2 Å². The van der Waals surface area contributed by atoms with Gasteiger partial charge in [0.1, 0.15) is 11.5 Å². The van der Waals surface area contributed by atoms with Crippen molar-refractivity contribution < 1.29 is 23.9 Å². The average molecular weight is 593 g/mol. The summed E-state index contributed by atoms with van der Waals surface area (Å²) < 4.78 is 11.7. The summed E-state index contributed by atoms with van der Waals surface area (Å²) in [6, 6.07) is 15.9. The van der Waals surface area contributed by atoms with Crippen LogP contribution in [-0.2, 0) is 9.59 Å². The van der Waals surface area contributed by atoms with Gasteiger partial charge in [0, 0.05) is 15.1 Å². The van der Waals surface area contributed by atoms with E-state index in [1.54, 1.807) is 48.5 Å². The van der Waals surface area contributed by atoms with E-state index < -0.39 is 17.8 Å². The van der Waals surface area contributed by atoms with Gasteiger partial charge in [0.25, 0.3) is 0 Å². The smallest absolute Gasteiger partial charge is 0.343 e. The van der Waals surface area contributed by atoms with Crippen molar-refractivity contribution in [1.82, 2.24) is 5.43 Å². The largest absolute Gasteiger partial charge is 0.494 e. The monoisotopic (exact) mass is 591 g/mol. The van der Waals surface area contributed by atoms with Gasteiger partial charge in [-0.1, -0.05) is 46.1 Å². The second-order valence-corrected chi connectivity index (χ2v) is 8.98. The minimum atomic E-state index is -1.04. The lowest BCUT2D eigenvalue weighted by Crippen LogP contribution is -2.32. The highest BCUT2D eigenvalue weighted by Crippen LogP contribution is 2.25. The van der Waals surface area contributed by atoms with Crippen LogP contribution in [0.3, 0.4) is 0 Å². The van der Waals surface area contributed by atoms with Crippen LogP contribution in [0.25, 0.3) is 0 Å². The molecule has 0 saturated carbocycles. The van der Waals surface area contributed by atoms with Gasteiger partial charge < -0.3 is 14.8 Å². The molecule has 0 bridgehead atoms. The lowest BCUT2D eigenvalue weighted by Gasteiger charge is -2.09. The Hall–Kier alpha value is -3.40. The molecule has 0 spiro atoms. The third-order valence-corrected chi connectivity index (χ3v) is 5.55. The fourth-order valence-electron chi connectivity index (χ4n) is 2.76. The number of esters is 1. The second-order valence-electron chi connectivity index (χ2n) is 7.22. The predicted octanol–water partition coefficient (Wildman–Crippen LogP) is 5.85. The summed E-state index contributed by atoms with van der Waals surface area (Å²) in [5.74, 6) is -1.77. The Morgan fingerprint density at radius 2 is 1.75 bits per heavy atom. The van der Waals surface area contributed by atoms with E-state index in [2.05, 4.69) is 31.8 Å². The van der Waals surface area contributed by atoms with Gasteiger partial charge >= 0.3 is 17.8 Å². The van der Waals surface area contributed by atoms with Gasteiger partial charge in [-0.15, -0.1) is 0 Å². The molecule has 0 saturated heterocycles. The van der Waals surface area contributed by atoms with Crippen LogP contribution in [0.15, 0.2) is 70.2 Å². The summed E-state index contributed by atoms with van der Waals surface area (Å²) in [5, 5.41) is 6.70. The summed E-state index contributed by atoms with van der Waals surface area (Å²) in [6.45, 7) is 2.58. The first-order valence-electron chi connectivity index (χ1n) is 10.6. The van der Waals surface area contributed by atoms with E-state index in [0.717, 1.165) is 6.42 Å². The topological polar surface area (TPSA) is 106 Å². The van der Waals surface area contributed by atoms with Crippen LogP contribution in [0, 0.1) is 0 Å². The molecule has 186 valence electrons. The molecule has 0 aromatic heterocycles. The molecule has 11 heteroatoms. The number of halogens is 3. The molecule has 3 rings (SSSR count).